The number of fused-ring (bicyclic) bond motifs is 2. The summed E-state index contributed by atoms with van der Waals surface area (Å²) >= 11 is 0. The highest BCUT2D eigenvalue weighted by atomic mass is 32.2. The lowest BCUT2D eigenvalue weighted by Gasteiger charge is -2.27. The summed E-state index contributed by atoms with van der Waals surface area (Å²) in [5, 5.41) is -0.639. The van der Waals surface area contributed by atoms with E-state index in [1.807, 2.05) is 18.2 Å². The van der Waals surface area contributed by atoms with Gasteiger partial charge in [0.25, 0.3) is 0 Å². The minimum atomic E-state index is -2.99. The van der Waals surface area contributed by atoms with E-state index in [1.54, 1.807) is 6.07 Å². The van der Waals surface area contributed by atoms with Crippen LogP contribution in [0.5, 0.6) is 0 Å². The summed E-state index contributed by atoms with van der Waals surface area (Å²) < 4.78 is 35.3. The monoisotopic (exact) mass is 336 g/mol. The van der Waals surface area contributed by atoms with Crippen molar-refractivity contribution in [2.45, 2.75) is 42.5 Å². The van der Waals surface area contributed by atoms with E-state index >= 15 is 0 Å². The van der Waals surface area contributed by atoms with E-state index in [4.69, 9.17) is 9.47 Å². The quantitative estimate of drug-likeness (QED) is 0.792. The van der Waals surface area contributed by atoms with Crippen LogP contribution in [0.3, 0.4) is 0 Å². The number of rotatable bonds is 3. The van der Waals surface area contributed by atoms with Gasteiger partial charge in [-0.3, -0.25) is 4.79 Å². The lowest BCUT2D eigenvalue weighted by molar-refractivity contribution is -0.0441. The van der Waals surface area contributed by atoms with Gasteiger partial charge in [0.05, 0.1) is 23.7 Å². The van der Waals surface area contributed by atoms with Crippen molar-refractivity contribution in [1.29, 1.82) is 0 Å². The molecule has 0 amide bonds. The Labute approximate surface area is 135 Å². The van der Waals surface area contributed by atoms with E-state index in [1.165, 1.54) is 0 Å². The number of sulfone groups is 1. The topological polar surface area (TPSA) is 69.7 Å². The van der Waals surface area contributed by atoms with Crippen molar-refractivity contribution in [2.75, 3.05) is 13.2 Å². The highest BCUT2D eigenvalue weighted by Crippen LogP contribution is 2.42. The van der Waals surface area contributed by atoms with E-state index in [-0.39, 0.29) is 22.2 Å². The lowest BCUT2D eigenvalue weighted by atomic mass is 9.90. The highest BCUT2D eigenvalue weighted by Gasteiger charge is 2.48. The van der Waals surface area contributed by atoms with Crippen molar-refractivity contribution in [1.82, 2.24) is 0 Å². The molecule has 3 aliphatic rings. The molecule has 6 heteroatoms. The Morgan fingerprint density at radius 1 is 1.04 bits per heavy atom. The Morgan fingerprint density at radius 2 is 1.70 bits per heavy atom. The Balaban J connectivity index is 1.55. The number of hydrogen-bond acceptors (Lipinski definition) is 5. The fraction of sp³-hybridized carbons (Fsp3) is 0.588. The predicted molar refractivity (Wildman–Crippen MR) is 83.9 cm³/mol. The zero-order chi connectivity index (χ0) is 16.0. The molecule has 2 atom stereocenters. The molecule has 2 unspecified atom stereocenters. The third-order valence-corrected chi connectivity index (χ3v) is 7.99. The Morgan fingerprint density at radius 3 is 2.35 bits per heavy atom. The second kappa shape index (κ2) is 5.69. The van der Waals surface area contributed by atoms with Crippen LogP contribution >= 0.6 is 0 Å². The maximum absolute atomic E-state index is 12.8. The van der Waals surface area contributed by atoms with Gasteiger partial charge in [0, 0.05) is 17.0 Å². The number of carbonyl (C=O) groups is 1. The van der Waals surface area contributed by atoms with Crippen LogP contribution in [-0.2, 0) is 19.3 Å². The summed E-state index contributed by atoms with van der Waals surface area (Å²) in [4.78, 5) is 12.8. The van der Waals surface area contributed by atoms with Gasteiger partial charge >= 0.3 is 0 Å². The predicted octanol–water partition coefficient (Wildman–Crippen LogP) is 2.27. The Hall–Kier alpha value is -1.24. The number of ether oxygens (including phenoxy) is 2. The SMILES string of the molecule is O=C(c1cccc(C2OCCO2)c1)C1CC2CCC(C1)S2(=O)=O. The van der Waals surface area contributed by atoms with Crippen molar-refractivity contribution in [3.05, 3.63) is 35.4 Å². The molecule has 0 N–H and O–H groups in total. The molecule has 124 valence electrons. The molecule has 1 aromatic carbocycles. The normalized spacial score (nSPS) is 33.0. The third kappa shape index (κ3) is 2.62. The minimum Gasteiger partial charge on any atom is -0.346 e. The van der Waals surface area contributed by atoms with Crippen molar-refractivity contribution >= 4 is 15.6 Å². The maximum Gasteiger partial charge on any atom is 0.184 e. The fourth-order valence-corrected chi connectivity index (χ4v) is 6.52. The number of benzene rings is 1. The molecule has 3 aliphatic heterocycles. The molecule has 0 spiro atoms. The van der Waals surface area contributed by atoms with Gasteiger partial charge in [-0.25, -0.2) is 8.42 Å². The lowest BCUT2D eigenvalue weighted by Crippen LogP contribution is -2.36. The molecule has 3 fully saturated rings. The van der Waals surface area contributed by atoms with Crippen LogP contribution in [0.25, 0.3) is 0 Å². The van der Waals surface area contributed by atoms with Gasteiger partial charge in [-0.15, -0.1) is 0 Å². The van der Waals surface area contributed by atoms with Gasteiger partial charge in [0.1, 0.15) is 0 Å². The van der Waals surface area contributed by atoms with Crippen LogP contribution in [0.2, 0.25) is 0 Å². The Kier molecular flexibility index (Phi) is 3.78. The first-order valence-corrected chi connectivity index (χ1v) is 9.77. The van der Waals surface area contributed by atoms with E-state index in [0.29, 0.717) is 44.5 Å². The van der Waals surface area contributed by atoms with Crippen LogP contribution in [0.4, 0.5) is 0 Å². The van der Waals surface area contributed by atoms with E-state index in [0.717, 1.165) is 5.56 Å². The smallest absolute Gasteiger partial charge is 0.184 e. The van der Waals surface area contributed by atoms with Gasteiger partial charge in [-0.1, -0.05) is 18.2 Å². The third-order valence-electron chi connectivity index (χ3n) is 5.27. The number of hydrogen-bond donors (Lipinski definition) is 0. The molecule has 4 rings (SSSR count). The fourth-order valence-electron chi connectivity index (χ4n) is 4.05. The molecule has 23 heavy (non-hydrogen) atoms. The van der Waals surface area contributed by atoms with E-state index in [2.05, 4.69) is 0 Å². The average Bonchev–Trinajstić information content (AvgIpc) is 3.09. The first kappa shape index (κ1) is 15.3. The van der Waals surface area contributed by atoms with Gasteiger partial charge in [0.15, 0.2) is 21.9 Å². The molecule has 5 nitrogen and oxygen atoms in total. The molecular formula is C17H20O5S. The van der Waals surface area contributed by atoms with Crippen LogP contribution < -0.4 is 0 Å². The molecule has 2 bridgehead atoms. The minimum absolute atomic E-state index is 0.0525. The summed E-state index contributed by atoms with van der Waals surface area (Å²) in [5.74, 6) is -0.131. The van der Waals surface area contributed by atoms with Gasteiger partial charge in [0.2, 0.25) is 0 Å². The molecule has 0 aromatic heterocycles. The summed E-state index contributed by atoms with van der Waals surface area (Å²) in [6, 6.07) is 7.35. The molecular weight excluding hydrogens is 316 g/mol. The first-order valence-electron chi connectivity index (χ1n) is 8.16. The summed E-state index contributed by atoms with van der Waals surface area (Å²) in [6.45, 7) is 1.12. The van der Waals surface area contributed by atoms with Crippen molar-refractivity contribution in [3.63, 3.8) is 0 Å². The second-order valence-corrected chi connectivity index (χ2v) is 9.15. The Bertz CT molecular complexity index is 700. The zero-order valence-electron chi connectivity index (χ0n) is 12.8. The van der Waals surface area contributed by atoms with Crippen molar-refractivity contribution in [2.24, 2.45) is 5.92 Å². The van der Waals surface area contributed by atoms with Gasteiger partial charge in [-0.05, 0) is 31.7 Å². The summed E-state index contributed by atoms with van der Waals surface area (Å²) in [6.07, 6.45) is 1.96. The molecule has 3 heterocycles. The summed E-state index contributed by atoms with van der Waals surface area (Å²) in [7, 11) is -2.99. The van der Waals surface area contributed by atoms with Gasteiger partial charge < -0.3 is 9.47 Å². The molecule has 3 saturated heterocycles. The van der Waals surface area contributed by atoms with Crippen molar-refractivity contribution < 1.29 is 22.7 Å². The number of Topliss-reactive ketones (excluding diaryl/α,β-unsaturated/α-hetero) is 1. The average molecular weight is 336 g/mol. The maximum atomic E-state index is 12.8. The zero-order valence-corrected chi connectivity index (χ0v) is 13.6. The molecule has 0 saturated carbocycles. The largest absolute Gasteiger partial charge is 0.346 e. The van der Waals surface area contributed by atoms with E-state index < -0.39 is 16.1 Å². The molecule has 0 radical (unpaired) electrons. The van der Waals surface area contributed by atoms with E-state index in [9.17, 15) is 13.2 Å². The van der Waals surface area contributed by atoms with Crippen LogP contribution in [0, 0.1) is 5.92 Å². The van der Waals surface area contributed by atoms with Crippen LogP contribution in [-0.4, -0.2) is 37.9 Å². The molecule has 1 aromatic rings. The van der Waals surface area contributed by atoms with Crippen LogP contribution in [0.15, 0.2) is 24.3 Å². The van der Waals surface area contributed by atoms with Crippen molar-refractivity contribution in [3.8, 4) is 0 Å². The number of ketones is 1. The first-order chi connectivity index (χ1) is 11.1. The standard InChI is InChI=1S/C17H20O5S/c18-16(13-9-14-4-5-15(10-13)23(14,19)20)11-2-1-3-12(8-11)17-21-6-7-22-17/h1-3,8,13-15,17H,4-7,9-10H2. The number of carbonyl (C=O) groups excluding carboxylic acids is 1. The summed E-state index contributed by atoms with van der Waals surface area (Å²) in [5.41, 5.74) is 1.48. The van der Waals surface area contributed by atoms with Gasteiger partial charge in [-0.2, -0.15) is 0 Å². The second-order valence-electron chi connectivity index (χ2n) is 6.64. The van der Waals surface area contributed by atoms with Crippen LogP contribution in [0.1, 0.15) is 47.9 Å². The molecule has 0 aliphatic carbocycles. The highest BCUT2D eigenvalue weighted by molar-refractivity contribution is 7.93.